The van der Waals surface area contributed by atoms with Gasteiger partial charge in [0.05, 0.1) is 25.0 Å². The lowest BCUT2D eigenvalue weighted by Crippen LogP contribution is -2.24. The van der Waals surface area contributed by atoms with E-state index in [1.54, 1.807) is 7.11 Å². The zero-order chi connectivity index (χ0) is 17.5. The minimum atomic E-state index is 0.0122. The van der Waals surface area contributed by atoms with Crippen LogP contribution in [0.3, 0.4) is 0 Å². The maximum atomic E-state index is 5.36. The number of nitrogens with zero attached hydrogens (tertiary/aromatic N) is 4. The second-order valence-electron chi connectivity index (χ2n) is 8.40. The largest absolute Gasteiger partial charge is 0.481 e. The Morgan fingerprint density at radius 3 is 2.42 bits per heavy atom. The topological polar surface area (TPSA) is 44.9 Å². The number of aryl methyl sites for hydroxylation is 1. The predicted octanol–water partition coefficient (Wildman–Crippen LogP) is 4.00. The van der Waals surface area contributed by atoms with E-state index >= 15 is 0 Å². The molecule has 2 aromatic rings. The van der Waals surface area contributed by atoms with Gasteiger partial charge in [0, 0.05) is 24.7 Å². The SMILES string of the molecule is COc1cc(C(C)(C)CCC(C)(C)c2cnn(C3CC3)c2)nn1C. The van der Waals surface area contributed by atoms with Gasteiger partial charge in [0.2, 0.25) is 5.88 Å². The number of methoxy groups -OCH3 is 1. The van der Waals surface area contributed by atoms with Gasteiger partial charge in [0.1, 0.15) is 0 Å². The molecule has 3 rings (SSSR count). The van der Waals surface area contributed by atoms with Crippen LogP contribution in [0.1, 0.15) is 70.7 Å². The van der Waals surface area contributed by atoms with Crippen molar-refractivity contribution in [1.29, 1.82) is 0 Å². The molecule has 0 unspecified atom stereocenters. The van der Waals surface area contributed by atoms with Crippen LogP contribution in [0.15, 0.2) is 18.5 Å². The van der Waals surface area contributed by atoms with E-state index in [1.807, 2.05) is 11.7 Å². The summed E-state index contributed by atoms with van der Waals surface area (Å²) >= 11 is 0. The van der Waals surface area contributed by atoms with E-state index in [9.17, 15) is 0 Å². The maximum Gasteiger partial charge on any atom is 0.211 e. The van der Waals surface area contributed by atoms with Crippen molar-refractivity contribution in [2.75, 3.05) is 7.11 Å². The summed E-state index contributed by atoms with van der Waals surface area (Å²) in [5.41, 5.74) is 2.55. The highest BCUT2D eigenvalue weighted by Gasteiger charge is 2.31. The van der Waals surface area contributed by atoms with Gasteiger partial charge in [-0.05, 0) is 36.7 Å². The molecule has 0 aliphatic heterocycles. The lowest BCUT2D eigenvalue weighted by atomic mass is 9.75. The number of ether oxygens (including phenoxy) is 1. The molecule has 0 aromatic carbocycles. The van der Waals surface area contributed by atoms with Crippen molar-refractivity contribution >= 4 is 0 Å². The zero-order valence-corrected chi connectivity index (χ0v) is 15.8. The van der Waals surface area contributed by atoms with E-state index in [1.165, 1.54) is 18.4 Å². The third-order valence-corrected chi connectivity index (χ3v) is 5.42. The molecule has 0 amide bonds. The zero-order valence-electron chi connectivity index (χ0n) is 15.8. The summed E-state index contributed by atoms with van der Waals surface area (Å²) in [4.78, 5) is 0. The Morgan fingerprint density at radius 2 is 1.83 bits per heavy atom. The molecule has 0 spiro atoms. The van der Waals surface area contributed by atoms with Gasteiger partial charge in [-0.15, -0.1) is 0 Å². The van der Waals surface area contributed by atoms with Gasteiger partial charge in [-0.25, -0.2) is 4.68 Å². The molecule has 0 radical (unpaired) electrons. The molecule has 1 fully saturated rings. The molecule has 5 nitrogen and oxygen atoms in total. The molecular weight excluding hydrogens is 300 g/mol. The fraction of sp³-hybridized carbons (Fsp3) is 0.684. The standard InChI is InChI=1S/C19H30N4O/c1-18(2,14-12-20-23(13-14)15-7-8-15)9-10-19(3,4)16-11-17(24-6)22(5)21-16/h11-13,15H,7-10H2,1-6H3. The van der Waals surface area contributed by atoms with Gasteiger partial charge in [0.25, 0.3) is 0 Å². The van der Waals surface area contributed by atoms with Crippen molar-refractivity contribution in [2.24, 2.45) is 7.05 Å². The van der Waals surface area contributed by atoms with Crippen molar-refractivity contribution in [1.82, 2.24) is 19.6 Å². The van der Waals surface area contributed by atoms with Crippen LogP contribution in [0.25, 0.3) is 0 Å². The second-order valence-corrected chi connectivity index (χ2v) is 8.40. The average molecular weight is 330 g/mol. The summed E-state index contributed by atoms with van der Waals surface area (Å²) in [5, 5.41) is 9.19. The quantitative estimate of drug-likeness (QED) is 0.771. The summed E-state index contributed by atoms with van der Waals surface area (Å²) in [6, 6.07) is 2.70. The predicted molar refractivity (Wildman–Crippen MR) is 95.5 cm³/mol. The molecule has 24 heavy (non-hydrogen) atoms. The van der Waals surface area contributed by atoms with Crippen LogP contribution in [0.5, 0.6) is 5.88 Å². The molecule has 0 atom stereocenters. The van der Waals surface area contributed by atoms with E-state index in [4.69, 9.17) is 4.74 Å². The van der Waals surface area contributed by atoms with Crippen LogP contribution in [0, 0.1) is 0 Å². The first-order valence-electron chi connectivity index (χ1n) is 8.86. The van der Waals surface area contributed by atoms with E-state index < -0.39 is 0 Å². The summed E-state index contributed by atoms with van der Waals surface area (Å²) in [6.45, 7) is 9.16. The van der Waals surface area contributed by atoms with Gasteiger partial charge >= 0.3 is 0 Å². The van der Waals surface area contributed by atoms with Crippen LogP contribution in [-0.4, -0.2) is 26.7 Å². The van der Waals surface area contributed by atoms with Gasteiger partial charge in [-0.1, -0.05) is 27.7 Å². The molecule has 0 saturated heterocycles. The summed E-state index contributed by atoms with van der Waals surface area (Å²) < 4.78 is 9.31. The molecule has 2 aromatic heterocycles. The van der Waals surface area contributed by atoms with Crippen LogP contribution in [0.4, 0.5) is 0 Å². The van der Waals surface area contributed by atoms with Crippen LogP contribution < -0.4 is 4.74 Å². The Hall–Kier alpha value is -1.78. The molecule has 2 heterocycles. The normalized spacial score (nSPS) is 15.8. The minimum absolute atomic E-state index is 0.0122. The first-order chi connectivity index (χ1) is 11.2. The first-order valence-corrected chi connectivity index (χ1v) is 8.86. The molecule has 1 aliphatic rings. The maximum absolute atomic E-state index is 5.36. The fourth-order valence-corrected chi connectivity index (χ4v) is 3.10. The summed E-state index contributed by atoms with van der Waals surface area (Å²) in [7, 11) is 3.61. The van der Waals surface area contributed by atoms with E-state index in [0.29, 0.717) is 6.04 Å². The number of hydrogen-bond donors (Lipinski definition) is 0. The third kappa shape index (κ3) is 3.35. The Kier molecular flexibility index (Phi) is 4.22. The van der Waals surface area contributed by atoms with Gasteiger partial charge < -0.3 is 4.74 Å². The number of hydrogen-bond acceptors (Lipinski definition) is 3. The highest BCUT2D eigenvalue weighted by molar-refractivity contribution is 5.23. The second kappa shape index (κ2) is 5.94. The van der Waals surface area contributed by atoms with E-state index in [2.05, 4.69) is 61.0 Å². The fourth-order valence-electron chi connectivity index (χ4n) is 3.10. The molecule has 132 valence electrons. The average Bonchev–Trinajstić information content (AvgIpc) is 3.11. The smallest absolute Gasteiger partial charge is 0.211 e. The van der Waals surface area contributed by atoms with Gasteiger partial charge in [0.15, 0.2) is 0 Å². The molecule has 0 N–H and O–H groups in total. The number of aromatic nitrogens is 4. The van der Waals surface area contributed by atoms with Gasteiger partial charge in [-0.3, -0.25) is 4.68 Å². The highest BCUT2D eigenvalue weighted by Crippen LogP contribution is 2.38. The number of rotatable bonds is 7. The minimum Gasteiger partial charge on any atom is -0.481 e. The molecule has 0 bridgehead atoms. The monoisotopic (exact) mass is 330 g/mol. The van der Waals surface area contributed by atoms with Crippen molar-refractivity contribution < 1.29 is 4.74 Å². The Labute approximate surface area is 145 Å². The lowest BCUT2D eigenvalue weighted by molar-refractivity contribution is 0.364. The molecular formula is C19H30N4O. The third-order valence-electron chi connectivity index (χ3n) is 5.42. The van der Waals surface area contributed by atoms with Crippen molar-refractivity contribution in [3.05, 3.63) is 29.7 Å². The van der Waals surface area contributed by atoms with Crippen molar-refractivity contribution in [3.8, 4) is 5.88 Å². The summed E-state index contributed by atoms with van der Waals surface area (Å²) in [6.07, 6.45) is 9.00. The van der Waals surface area contributed by atoms with E-state index in [-0.39, 0.29) is 10.8 Å². The van der Waals surface area contributed by atoms with Gasteiger partial charge in [-0.2, -0.15) is 10.2 Å². The van der Waals surface area contributed by atoms with Crippen molar-refractivity contribution in [3.63, 3.8) is 0 Å². The van der Waals surface area contributed by atoms with Crippen LogP contribution in [-0.2, 0) is 17.9 Å². The Morgan fingerprint density at radius 1 is 1.17 bits per heavy atom. The van der Waals surface area contributed by atoms with Crippen LogP contribution >= 0.6 is 0 Å². The molecule has 1 saturated carbocycles. The summed E-state index contributed by atoms with van der Waals surface area (Å²) in [5.74, 6) is 0.808. The molecule has 1 aliphatic carbocycles. The molecule has 5 heteroatoms. The van der Waals surface area contributed by atoms with Crippen molar-refractivity contribution in [2.45, 2.75) is 70.3 Å². The first kappa shape index (κ1) is 17.1. The lowest BCUT2D eigenvalue weighted by Gasteiger charge is -2.29. The highest BCUT2D eigenvalue weighted by atomic mass is 16.5. The Balaban J connectivity index is 1.69. The Bertz CT molecular complexity index is 707. The van der Waals surface area contributed by atoms with E-state index in [0.717, 1.165) is 24.4 Å². The van der Waals surface area contributed by atoms with Crippen LogP contribution in [0.2, 0.25) is 0 Å².